The normalized spacial score (nSPS) is 10.9. The number of aromatic nitrogens is 3. The first-order chi connectivity index (χ1) is 9.18. The fraction of sp³-hybridized carbons (Fsp3) is 0.400. The van der Waals surface area contributed by atoms with Crippen LogP contribution in [-0.4, -0.2) is 20.5 Å². The van der Waals surface area contributed by atoms with Gasteiger partial charge in [0.2, 0.25) is 0 Å². The Morgan fingerprint density at radius 3 is 2.68 bits per heavy atom. The molecule has 0 radical (unpaired) electrons. The smallest absolute Gasteiger partial charge is 0.162 e. The van der Waals surface area contributed by atoms with Crippen molar-refractivity contribution in [3.63, 3.8) is 0 Å². The van der Waals surface area contributed by atoms with Crippen molar-refractivity contribution in [2.24, 2.45) is 0 Å². The van der Waals surface area contributed by atoms with Gasteiger partial charge in [-0.15, -0.1) is 0 Å². The monoisotopic (exact) mass is 257 g/mol. The molecule has 1 aromatic carbocycles. The molecule has 1 heterocycles. The topological polar surface area (TPSA) is 47.8 Å². The molecular formula is C15H19N3O. The van der Waals surface area contributed by atoms with Gasteiger partial charge in [0.25, 0.3) is 0 Å². The largest absolute Gasteiger partial charge is 0.294 e. The molecule has 0 aliphatic carbocycles. The molecule has 0 atom stereocenters. The van der Waals surface area contributed by atoms with E-state index in [1.54, 1.807) is 6.33 Å². The van der Waals surface area contributed by atoms with Gasteiger partial charge in [-0.2, -0.15) is 5.10 Å². The van der Waals surface area contributed by atoms with Gasteiger partial charge in [0.1, 0.15) is 12.2 Å². The molecule has 0 aliphatic heterocycles. The lowest BCUT2D eigenvalue weighted by molar-refractivity contribution is 0.0980. The molecule has 0 amide bonds. The highest BCUT2D eigenvalue weighted by molar-refractivity contribution is 5.95. The molecule has 0 aliphatic rings. The van der Waals surface area contributed by atoms with Crippen LogP contribution in [0.15, 0.2) is 36.7 Å². The summed E-state index contributed by atoms with van der Waals surface area (Å²) < 4.78 is 1.91. The van der Waals surface area contributed by atoms with Gasteiger partial charge in [-0.3, -0.25) is 4.79 Å². The zero-order chi connectivity index (χ0) is 13.7. The second-order valence-corrected chi connectivity index (χ2v) is 4.86. The van der Waals surface area contributed by atoms with Crippen LogP contribution in [0.2, 0.25) is 0 Å². The zero-order valence-corrected chi connectivity index (χ0v) is 11.4. The number of nitrogens with zero attached hydrogens (tertiary/aromatic N) is 3. The number of carbonyl (C=O) groups excluding carboxylic acids is 1. The third-order valence-corrected chi connectivity index (χ3v) is 3.04. The summed E-state index contributed by atoms with van der Waals surface area (Å²) in [5.74, 6) is 1.15. The molecule has 100 valence electrons. The minimum Gasteiger partial charge on any atom is -0.294 e. The second-order valence-electron chi connectivity index (χ2n) is 4.86. The summed E-state index contributed by atoms with van der Waals surface area (Å²) in [6.07, 6.45) is 3.72. The van der Waals surface area contributed by atoms with Gasteiger partial charge in [0, 0.05) is 24.4 Å². The number of Topliss-reactive ketones (excluding diaryl/α,β-unsaturated/α-hetero) is 1. The van der Waals surface area contributed by atoms with E-state index in [2.05, 4.69) is 23.9 Å². The van der Waals surface area contributed by atoms with Crippen LogP contribution in [0.4, 0.5) is 0 Å². The molecule has 4 nitrogen and oxygen atoms in total. The molecule has 2 rings (SSSR count). The first-order valence-electron chi connectivity index (χ1n) is 6.65. The van der Waals surface area contributed by atoms with Crippen molar-refractivity contribution in [3.8, 4) is 0 Å². The van der Waals surface area contributed by atoms with Crippen LogP contribution in [-0.2, 0) is 6.42 Å². The number of hydrogen-bond acceptors (Lipinski definition) is 3. The van der Waals surface area contributed by atoms with Crippen molar-refractivity contribution in [3.05, 3.63) is 48.0 Å². The van der Waals surface area contributed by atoms with Crippen LogP contribution in [0.1, 0.15) is 48.9 Å². The molecule has 0 spiro atoms. The lowest BCUT2D eigenvalue weighted by Crippen LogP contribution is -2.09. The Hall–Kier alpha value is -1.97. The molecular weight excluding hydrogens is 238 g/mol. The lowest BCUT2D eigenvalue weighted by Gasteiger charge is -2.08. The molecule has 2 aromatic rings. The summed E-state index contributed by atoms with van der Waals surface area (Å²) in [7, 11) is 0. The maximum Gasteiger partial charge on any atom is 0.162 e. The maximum absolute atomic E-state index is 11.9. The van der Waals surface area contributed by atoms with Gasteiger partial charge in [0.05, 0.1) is 0 Å². The fourth-order valence-electron chi connectivity index (χ4n) is 2.06. The number of benzene rings is 1. The fourth-order valence-corrected chi connectivity index (χ4v) is 2.06. The number of hydrogen-bond donors (Lipinski definition) is 0. The average Bonchev–Trinajstić information content (AvgIpc) is 2.88. The highest BCUT2D eigenvalue weighted by Gasteiger charge is 2.09. The molecule has 19 heavy (non-hydrogen) atoms. The minimum atomic E-state index is 0.191. The molecule has 4 heteroatoms. The van der Waals surface area contributed by atoms with Gasteiger partial charge in [-0.1, -0.05) is 30.3 Å². The predicted molar refractivity (Wildman–Crippen MR) is 74.1 cm³/mol. The van der Waals surface area contributed by atoms with E-state index in [0.717, 1.165) is 24.2 Å². The third-order valence-electron chi connectivity index (χ3n) is 3.04. The maximum atomic E-state index is 11.9. The van der Waals surface area contributed by atoms with Gasteiger partial charge in [-0.05, 0) is 20.3 Å². The number of ketones is 1. The quantitative estimate of drug-likeness (QED) is 0.747. The van der Waals surface area contributed by atoms with Crippen LogP contribution in [0.5, 0.6) is 0 Å². The van der Waals surface area contributed by atoms with E-state index < -0.39 is 0 Å². The third kappa shape index (κ3) is 3.50. The Labute approximate surface area is 113 Å². The van der Waals surface area contributed by atoms with Crippen LogP contribution in [0.25, 0.3) is 0 Å². The first kappa shape index (κ1) is 13.5. The van der Waals surface area contributed by atoms with E-state index in [1.165, 1.54) is 0 Å². The summed E-state index contributed by atoms with van der Waals surface area (Å²) >= 11 is 0. The summed E-state index contributed by atoms with van der Waals surface area (Å²) in [6.45, 7) is 4.15. The van der Waals surface area contributed by atoms with Crippen molar-refractivity contribution in [1.82, 2.24) is 14.8 Å². The first-order valence-corrected chi connectivity index (χ1v) is 6.65. The van der Waals surface area contributed by atoms with Crippen molar-refractivity contribution >= 4 is 5.78 Å². The molecule has 1 aromatic heterocycles. The minimum absolute atomic E-state index is 0.191. The van der Waals surface area contributed by atoms with Gasteiger partial charge >= 0.3 is 0 Å². The summed E-state index contributed by atoms with van der Waals surface area (Å²) in [5, 5.41) is 4.19. The van der Waals surface area contributed by atoms with E-state index in [1.807, 2.05) is 35.0 Å². The van der Waals surface area contributed by atoms with Crippen LogP contribution < -0.4 is 0 Å². The molecule has 0 saturated carbocycles. The SMILES string of the molecule is CC(C)n1ncnc1CCCC(=O)c1ccccc1. The average molecular weight is 257 g/mol. The van der Waals surface area contributed by atoms with Gasteiger partial charge in [-0.25, -0.2) is 9.67 Å². The second kappa shape index (κ2) is 6.27. The Kier molecular flexibility index (Phi) is 4.44. The van der Waals surface area contributed by atoms with Gasteiger partial charge in [0.15, 0.2) is 5.78 Å². The van der Waals surface area contributed by atoms with E-state index in [-0.39, 0.29) is 5.78 Å². The highest BCUT2D eigenvalue weighted by atomic mass is 16.1. The highest BCUT2D eigenvalue weighted by Crippen LogP contribution is 2.10. The van der Waals surface area contributed by atoms with E-state index in [0.29, 0.717) is 12.5 Å². The van der Waals surface area contributed by atoms with Crippen LogP contribution >= 0.6 is 0 Å². The molecule has 0 fully saturated rings. The summed E-state index contributed by atoms with van der Waals surface area (Å²) in [6, 6.07) is 9.73. The Bertz CT molecular complexity index is 531. The molecule has 0 saturated heterocycles. The van der Waals surface area contributed by atoms with Crippen LogP contribution in [0.3, 0.4) is 0 Å². The summed E-state index contributed by atoms with van der Waals surface area (Å²) in [5.41, 5.74) is 0.785. The van der Waals surface area contributed by atoms with E-state index >= 15 is 0 Å². The van der Waals surface area contributed by atoms with Crippen molar-refractivity contribution in [2.45, 2.75) is 39.2 Å². The molecule has 0 N–H and O–H groups in total. The van der Waals surface area contributed by atoms with E-state index in [4.69, 9.17) is 0 Å². The summed E-state index contributed by atoms with van der Waals surface area (Å²) in [4.78, 5) is 16.2. The van der Waals surface area contributed by atoms with Crippen molar-refractivity contribution in [2.75, 3.05) is 0 Å². The number of aryl methyl sites for hydroxylation is 1. The van der Waals surface area contributed by atoms with Gasteiger partial charge < -0.3 is 0 Å². The van der Waals surface area contributed by atoms with Crippen molar-refractivity contribution in [1.29, 1.82) is 0 Å². The predicted octanol–water partition coefficient (Wildman–Crippen LogP) is 3.06. The molecule has 0 unspecified atom stereocenters. The van der Waals surface area contributed by atoms with Crippen molar-refractivity contribution < 1.29 is 4.79 Å². The number of carbonyl (C=O) groups is 1. The number of rotatable bonds is 6. The zero-order valence-electron chi connectivity index (χ0n) is 11.4. The Morgan fingerprint density at radius 2 is 2.00 bits per heavy atom. The standard InChI is InChI=1S/C15H19N3O/c1-12(2)18-15(16-11-17-18)10-6-9-14(19)13-7-4-3-5-8-13/h3-5,7-8,11-12H,6,9-10H2,1-2H3. The Balaban J connectivity index is 1.87. The van der Waals surface area contributed by atoms with E-state index in [9.17, 15) is 4.79 Å². The Morgan fingerprint density at radius 1 is 1.26 bits per heavy atom. The molecule has 0 bridgehead atoms. The lowest BCUT2D eigenvalue weighted by atomic mass is 10.1. The van der Waals surface area contributed by atoms with Crippen LogP contribution in [0, 0.1) is 0 Å².